The Hall–Kier alpha value is -0.610. The summed E-state index contributed by atoms with van der Waals surface area (Å²) in [5.74, 6) is 2.10. The van der Waals surface area contributed by atoms with Crippen LogP contribution in [0.1, 0.15) is 58.8 Å². The van der Waals surface area contributed by atoms with Crippen LogP contribution in [0.3, 0.4) is 0 Å². The standard InChI is InChI=1S/C18H34N2O2/c1-14(2)15-4-6-16(7-5-15)18(22)19-10-3-11-20-12-8-17(21)9-13-20/h14-17,21H,3-13H2,1-2H3,(H,19,22). The van der Waals surface area contributed by atoms with Crippen LogP contribution < -0.4 is 5.32 Å². The van der Waals surface area contributed by atoms with Crippen LogP contribution in [0.15, 0.2) is 0 Å². The van der Waals surface area contributed by atoms with E-state index in [0.29, 0.717) is 0 Å². The molecule has 0 aromatic heterocycles. The molecule has 4 heteroatoms. The lowest BCUT2D eigenvalue weighted by molar-refractivity contribution is -0.126. The number of carbonyl (C=O) groups excluding carboxylic acids is 1. The molecule has 2 fully saturated rings. The van der Waals surface area contributed by atoms with Crippen molar-refractivity contribution in [1.82, 2.24) is 10.2 Å². The number of hydrogen-bond acceptors (Lipinski definition) is 3. The molecule has 128 valence electrons. The Morgan fingerprint density at radius 2 is 1.77 bits per heavy atom. The number of aliphatic hydroxyl groups is 1. The zero-order chi connectivity index (χ0) is 15.9. The number of likely N-dealkylation sites (tertiary alicyclic amines) is 1. The van der Waals surface area contributed by atoms with E-state index in [0.717, 1.165) is 70.1 Å². The maximum atomic E-state index is 12.2. The first-order valence-electron chi connectivity index (χ1n) is 9.24. The summed E-state index contributed by atoms with van der Waals surface area (Å²) in [6, 6.07) is 0. The van der Waals surface area contributed by atoms with Crippen molar-refractivity contribution in [3.63, 3.8) is 0 Å². The lowest BCUT2D eigenvalue weighted by Gasteiger charge is -2.30. The Morgan fingerprint density at radius 1 is 1.14 bits per heavy atom. The van der Waals surface area contributed by atoms with E-state index in [1.54, 1.807) is 0 Å². The van der Waals surface area contributed by atoms with Crippen molar-refractivity contribution in [2.24, 2.45) is 17.8 Å². The van der Waals surface area contributed by atoms with Gasteiger partial charge in [0.05, 0.1) is 6.10 Å². The summed E-state index contributed by atoms with van der Waals surface area (Å²) in [6.45, 7) is 8.41. The van der Waals surface area contributed by atoms with Gasteiger partial charge in [0.2, 0.25) is 5.91 Å². The molecule has 1 aliphatic carbocycles. The van der Waals surface area contributed by atoms with E-state index in [4.69, 9.17) is 0 Å². The fourth-order valence-electron chi connectivity index (χ4n) is 3.85. The molecule has 4 nitrogen and oxygen atoms in total. The highest BCUT2D eigenvalue weighted by Gasteiger charge is 2.27. The van der Waals surface area contributed by atoms with Crippen molar-refractivity contribution in [3.8, 4) is 0 Å². The number of aliphatic hydroxyl groups excluding tert-OH is 1. The van der Waals surface area contributed by atoms with Gasteiger partial charge in [-0.15, -0.1) is 0 Å². The number of carbonyl (C=O) groups is 1. The number of nitrogens with one attached hydrogen (secondary N) is 1. The fraction of sp³-hybridized carbons (Fsp3) is 0.944. The van der Waals surface area contributed by atoms with E-state index < -0.39 is 0 Å². The fourth-order valence-corrected chi connectivity index (χ4v) is 3.85. The Morgan fingerprint density at radius 3 is 2.36 bits per heavy atom. The molecule has 1 saturated carbocycles. The monoisotopic (exact) mass is 310 g/mol. The predicted octanol–water partition coefficient (Wildman–Crippen LogP) is 2.41. The molecule has 0 atom stereocenters. The van der Waals surface area contributed by atoms with Crippen LogP contribution >= 0.6 is 0 Å². The molecule has 1 aliphatic heterocycles. The van der Waals surface area contributed by atoms with Gasteiger partial charge in [0.1, 0.15) is 0 Å². The second-order valence-electron chi connectivity index (χ2n) is 7.57. The number of hydrogen-bond donors (Lipinski definition) is 2. The van der Waals surface area contributed by atoms with Crippen molar-refractivity contribution < 1.29 is 9.90 Å². The van der Waals surface area contributed by atoms with E-state index in [1.807, 2.05) is 0 Å². The van der Waals surface area contributed by atoms with Gasteiger partial charge in [-0.05, 0) is 63.3 Å². The first kappa shape index (κ1) is 17.7. The van der Waals surface area contributed by atoms with E-state index in [2.05, 4.69) is 24.1 Å². The summed E-state index contributed by atoms with van der Waals surface area (Å²) in [5.41, 5.74) is 0. The van der Waals surface area contributed by atoms with Crippen molar-refractivity contribution >= 4 is 5.91 Å². The van der Waals surface area contributed by atoms with Crippen LogP contribution in [0.2, 0.25) is 0 Å². The van der Waals surface area contributed by atoms with E-state index in [9.17, 15) is 9.90 Å². The molecule has 2 N–H and O–H groups in total. The zero-order valence-electron chi connectivity index (χ0n) is 14.4. The van der Waals surface area contributed by atoms with Crippen molar-refractivity contribution in [2.75, 3.05) is 26.2 Å². The van der Waals surface area contributed by atoms with Crippen LogP contribution in [0.25, 0.3) is 0 Å². The first-order valence-corrected chi connectivity index (χ1v) is 9.24. The highest BCUT2D eigenvalue weighted by atomic mass is 16.3. The zero-order valence-corrected chi connectivity index (χ0v) is 14.4. The molecule has 0 unspecified atom stereocenters. The minimum atomic E-state index is -0.100. The molecule has 0 bridgehead atoms. The SMILES string of the molecule is CC(C)C1CCC(C(=O)NCCCN2CCC(O)CC2)CC1. The Labute approximate surface area is 135 Å². The molecule has 0 aromatic rings. The minimum Gasteiger partial charge on any atom is -0.393 e. The number of piperidine rings is 1. The van der Waals surface area contributed by atoms with Crippen molar-refractivity contribution in [1.29, 1.82) is 0 Å². The van der Waals surface area contributed by atoms with E-state index >= 15 is 0 Å². The van der Waals surface area contributed by atoms with Gasteiger partial charge < -0.3 is 15.3 Å². The van der Waals surface area contributed by atoms with Crippen LogP contribution in [0, 0.1) is 17.8 Å². The van der Waals surface area contributed by atoms with Gasteiger partial charge in [0.15, 0.2) is 0 Å². The quantitative estimate of drug-likeness (QED) is 0.741. The van der Waals surface area contributed by atoms with Gasteiger partial charge in [0.25, 0.3) is 0 Å². The van der Waals surface area contributed by atoms with Crippen LogP contribution in [0.4, 0.5) is 0 Å². The molecule has 2 aliphatic rings. The molecule has 1 heterocycles. The third kappa shape index (κ3) is 5.54. The molecular formula is C18H34N2O2. The second-order valence-corrected chi connectivity index (χ2v) is 7.57. The summed E-state index contributed by atoms with van der Waals surface area (Å²) in [5, 5.41) is 12.6. The van der Waals surface area contributed by atoms with Crippen molar-refractivity contribution in [3.05, 3.63) is 0 Å². The number of nitrogens with zero attached hydrogens (tertiary/aromatic N) is 1. The van der Waals surface area contributed by atoms with Crippen LogP contribution in [-0.2, 0) is 4.79 Å². The van der Waals surface area contributed by atoms with Gasteiger partial charge in [-0.3, -0.25) is 4.79 Å². The maximum Gasteiger partial charge on any atom is 0.223 e. The number of rotatable bonds is 6. The molecule has 0 aromatic carbocycles. The first-order chi connectivity index (χ1) is 10.6. The average Bonchev–Trinajstić information content (AvgIpc) is 2.53. The predicted molar refractivity (Wildman–Crippen MR) is 89.6 cm³/mol. The van der Waals surface area contributed by atoms with Crippen molar-refractivity contribution in [2.45, 2.75) is 64.9 Å². The van der Waals surface area contributed by atoms with Crippen LogP contribution in [0.5, 0.6) is 0 Å². The molecular weight excluding hydrogens is 276 g/mol. The van der Waals surface area contributed by atoms with Gasteiger partial charge in [-0.25, -0.2) is 0 Å². The highest BCUT2D eigenvalue weighted by molar-refractivity contribution is 5.78. The Balaban J connectivity index is 1.55. The summed E-state index contributed by atoms with van der Waals surface area (Å²) < 4.78 is 0. The summed E-state index contributed by atoms with van der Waals surface area (Å²) in [4.78, 5) is 14.6. The highest BCUT2D eigenvalue weighted by Crippen LogP contribution is 2.33. The van der Waals surface area contributed by atoms with E-state index in [-0.39, 0.29) is 17.9 Å². The molecule has 1 amide bonds. The normalized spacial score (nSPS) is 28.0. The Bertz CT molecular complexity index is 330. The average molecular weight is 310 g/mol. The minimum absolute atomic E-state index is 0.100. The largest absolute Gasteiger partial charge is 0.393 e. The third-order valence-electron chi connectivity index (χ3n) is 5.59. The second kappa shape index (κ2) is 8.88. The van der Waals surface area contributed by atoms with Gasteiger partial charge in [-0.2, -0.15) is 0 Å². The topological polar surface area (TPSA) is 52.6 Å². The lowest BCUT2D eigenvalue weighted by atomic mass is 9.77. The van der Waals surface area contributed by atoms with Gasteiger partial charge in [0, 0.05) is 25.6 Å². The molecule has 2 rings (SSSR count). The molecule has 0 radical (unpaired) electrons. The molecule has 1 saturated heterocycles. The van der Waals surface area contributed by atoms with Gasteiger partial charge >= 0.3 is 0 Å². The Kier molecular flexibility index (Phi) is 7.16. The molecule has 0 spiro atoms. The lowest BCUT2D eigenvalue weighted by Crippen LogP contribution is -2.38. The summed E-state index contributed by atoms with van der Waals surface area (Å²) >= 11 is 0. The smallest absolute Gasteiger partial charge is 0.223 e. The summed E-state index contributed by atoms with van der Waals surface area (Å²) in [7, 11) is 0. The molecule has 22 heavy (non-hydrogen) atoms. The maximum absolute atomic E-state index is 12.2. The van der Waals surface area contributed by atoms with E-state index in [1.165, 1.54) is 12.8 Å². The summed E-state index contributed by atoms with van der Waals surface area (Å²) in [6.07, 6.45) is 7.27. The van der Waals surface area contributed by atoms with Crippen LogP contribution in [-0.4, -0.2) is 48.2 Å². The third-order valence-corrected chi connectivity index (χ3v) is 5.59. The number of amides is 1. The van der Waals surface area contributed by atoms with Gasteiger partial charge in [-0.1, -0.05) is 13.8 Å².